The molecule has 0 saturated carbocycles. The molecule has 0 aliphatic rings. The van der Waals surface area contributed by atoms with Crippen molar-refractivity contribution in [2.24, 2.45) is 0 Å². The van der Waals surface area contributed by atoms with Crippen LogP contribution in [0.2, 0.25) is 0 Å². The van der Waals surface area contributed by atoms with Crippen LogP contribution < -0.4 is 14.2 Å². The molecule has 22 heavy (non-hydrogen) atoms. The predicted molar refractivity (Wildman–Crippen MR) is 84.1 cm³/mol. The Bertz CT molecular complexity index is 685. The van der Waals surface area contributed by atoms with Gasteiger partial charge in [0.25, 0.3) is 0 Å². The van der Waals surface area contributed by atoms with Crippen LogP contribution in [0, 0.1) is 6.92 Å². The monoisotopic (exact) mass is 301 g/mol. The SMILES string of the molecule is COc1cc(OC)c(-c2ccc(C(C)=O)c(C)n2)c(OC)c1. The van der Waals surface area contributed by atoms with Gasteiger partial charge < -0.3 is 14.2 Å². The minimum absolute atomic E-state index is 0.00906. The Hall–Kier alpha value is -2.56. The largest absolute Gasteiger partial charge is 0.496 e. The summed E-state index contributed by atoms with van der Waals surface area (Å²) >= 11 is 0. The van der Waals surface area contributed by atoms with Gasteiger partial charge in [0.1, 0.15) is 17.2 Å². The first kappa shape index (κ1) is 15.8. The molecule has 2 aromatic rings. The number of carbonyl (C=O) groups excluding carboxylic acids is 1. The Morgan fingerprint density at radius 3 is 2.00 bits per heavy atom. The summed E-state index contributed by atoms with van der Waals surface area (Å²) in [4.78, 5) is 16.1. The van der Waals surface area contributed by atoms with E-state index >= 15 is 0 Å². The molecule has 0 aliphatic heterocycles. The molecule has 1 heterocycles. The number of hydrogen-bond acceptors (Lipinski definition) is 5. The number of ketones is 1. The zero-order valence-electron chi connectivity index (χ0n) is 13.4. The van der Waals surface area contributed by atoms with Gasteiger partial charge in [-0.05, 0) is 26.0 Å². The van der Waals surface area contributed by atoms with Crippen molar-refractivity contribution in [3.8, 4) is 28.5 Å². The highest BCUT2D eigenvalue weighted by Gasteiger charge is 2.17. The summed E-state index contributed by atoms with van der Waals surface area (Å²) < 4.78 is 16.1. The lowest BCUT2D eigenvalue weighted by molar-refractivity contribution is 0.101. The van der Waals surface area contributed by atoms with Gasteiger partial charge in [0.2, 0.25) is 0 Å². The Morgan fingerprint density at radius 2 is 1.59 bits per heavy atom. The molecule has 0 amide bonds. The average molecular weight is 301 g/mol. The molecule has 1 aromatic carbocycles. The maximum atomic E-state index is 11.5. The average Bonchev–Trinajstić information content (AvgIpc) is 2.52. The van der Waals surface area contributed by atoms with E-state index in [1.54, 1.807) is 45.6 Å². The Labute approximate surface area is 129 Å². The number of hydrogen-bond donors (Lipinski definition) is 0. The molecule has 5 nitrogen and oxygen atoms in total. The number of aromatic nitrogens is 1. The van der Waals surface area contributed by atoms with Gasteiger partial charge in [-0.25, -0.2) is 0 Å². The van der Waals surface area contributed by atoms with Crippen molar-refractivity contribution in [1.82, 2.24) is 4.98 Å². The molecule has 0 unspecified atom stereocenters. The maximum absolute atomic E-state index is 11.5. The van der Waals surface area contributed by atoms with E-state index in [9.17, 15) is 4.79 Å². The minimum Gasteiger partial charge on any atom is -0.496 e. The van der Waals surface area contributed by atoms with Gasteiger partial charge in [0.05, 0.1) is 32.6 Å². The Morgan fingerprint density at radius 1 is 1.00 bits per heavy atom. The van der Waals surface area contributed by atoms with Gasteiger partial charge in [-0.3, -0.25) is 9.78 Å². The number of pyridine rings is 1. The Kier molecular flexibility index (Phi) is 4.65. The number of rotatable bonds is 5. The summed E-state index contributed by atoms with van der Waals surface area (Å²) in [5, 5.41) is 0. The standard InChI is InChI=1S/C17H19NO4/c1-10-13(11(2)19)6-7-14(18-10)17-15(21-4)8-12(20-3)9-16(17)22-5/h6-9H,1-5H3. The van der Waals surface area contributed by atoms with Crippen molar-refractivity contribution in [2.75, 3.05) is 21.3 Å². The van der Waals surface area contributed by atoms with Crippen LogP contribution in [-0.2, 0) is 0 Å². The number of benzene rings is 1. The molecule has 0 atom stereocenters. The number of nitrogens with zero attached hydrogens (tertiary/aromatic N) is 1. The summed E-state index contributed by atoms with van der Waals surface area (Å²) in [5.74, 6) is 1.82. The molecule has 0 aliphatic carbocycles. The smallest absolute Gasteiger partial charge is 0.161 e. The maximum Gasteiger partial charge on any atom is 0.161 e. The topological polar surface area (TPSA) is 57.7 Å². The second kappa shape index (κ2) is 6.47. The highest BCUT2D eigenvalue weighted by atomic mass is 16.5. The third-order valence-electron chi connectivity index (χ3n) is 3.44. The van der Waals surface area contributed by atoms with E-state index in [1.807, 2.05) is 6.92 Å². The molecule has 116 valence electrons. The molecule has 0 fully saturated rings. The molecule has 2 rings (SSSR count). The second-order valence-electron chi connectivity index (χ2n) is 4.79. The van der Waals surface area contributed by atoms with Crippen LogP contribution in [0.1, 0.15) is 23.0 Å². The molecule has 0 saturated heterocycles. The van der Waals surface area contributed by atoms with Crippen LogP contribution in [0.3, 0.4) is 0 Å². The van der Waals surface area contributed by atoms with Crippen LogP contribution >= 0.6 is 0 Å². The van der Waals surface area contributed by atoms with E-state index in [0.717, 1.165) is 5.56 Å². The van der Waals surface area contributed by atoms with Gasteiger partial charge >= 0.3 is 0 Å². The van der Waals surface area contributed by atoms with E-state index in [4.69, 9.17) is 14.2 Å². The third-order valence-corrected chi connectivity index (χ3v) is 3.44. The van der Waals surface area contributed by atoms with Gasteiger partial charge in [-0.1, -0.05) is 0 Å². The van der Waals surface area contributed by atoms with Crippen molar-refractivity contribution in [3.63, 3.8) is 0 Å². The van der Waals surface area contributed by atoms with Gasteiger partial charge in [-0.15, -0.1) is 0 Å². The van der Waals surface area contributed by atoms with Crippen LogP contribution in [0.4, 0.5) is 0 Å². The first-order valence-electron chi connectivity index (χ1n) is 6.80. The first-order valence-corrected chi connectivity index (χ1v) is 6.80. The van der Waals surface area contributed by atoms with Crippen molar-refractivity contribution in [3.05, 3.63) is 35.5 Å². The van der Waals surface area contributed by atoms with Gasteiger partial charge in [0, 0.05) is 23.4 Å². The second-order valence-corrected chi connectivity index (χ2v) is 4.79. The summed E-state index contributed by atoms with van der Waals surface area (Å²) in [7, 11) is 4.74. The zero-order chi connectivity index (χ0) is 16.3. The first-order chi connectivity index (χ1) is 10.5. The van der Waals surface area contributed by atoms with Crippen LogP contribution in [0.25, 0.3) is 11.3 Å². The fourth-order valence-electron chi connectivity index (χ4n) is 2.33. The van der Waals surface area contributed by atoms with Crippen LogP contribution in [-0.4, -0.2) is 32.1 Å². The van der Waals surface area contributed by atoms with Crippen molar-refractivity contribution >= 4 is 5.78 Å². The summed E-state index contributed by atoms with van der Waals surface area (Å²) in [6.07, 6.45) is 0. The highest BCUT2D eigenvalue weighted by molar-refractivity contribution is 5.95. The van der Waals surface area contributed by atoms with E-state index in [0.29, 0.717) is 34.2 Å². The highest BCUT2D eigenvalue weighted by Crippen LogP contribution is 2.41. The van der Waals surface area contributed by atoms with Gasteiger partial charge in [-0.2, -0.15) is 0 Å². The van der Waals surface area contributed by atoms with Gasteiger partial charge in [0.15, 0.2) is 5.78 Å². The van der Waals surface area contributed by atoms with Crippen LogP contribution in [0.5, 0.6) is 17.2 Å². The number of methoxy groups -OCH3 is 3. The summed E-state index contributed by atoms with van der Waals surface area (Å²) in [6, 6.07) is 7.10. The molecule has 0 bridgehead atoms. The predicted octanol–water partition coefficient (Wildman–Crippen LogP) is 3.29. The lowest BCUT2D eigenvalue weighted by Gasteiger charge is -2.15. The summed E-state index contributed by atoms with van der Waals surface area (Å²) in [6.45, 7) is 3.33. The fourth-order valence-corrected chi connectivity index (χ4v) is 2.33. The van der Waals surface area contributed by atoms with E-state index in [-0.39, 0.29) is 5.78 Å². The van der Waals surface area contributed by atoms with Crippen molar-refractivity contribution in [2.45, 2.75) is 13.8 Å². The number of aryl methyl sites for hydroxylation is 1. The van der Waals surface area contributed by atoms with E-state index < -0.39 is 0 Å². The molecular weight excluding hydrogens is 282 g/mol. The lowest BCUT2D eigenvalue weighted by Crippen LogP contribution is -2.01. The van der Waals surface area contributed by atoms with Crippen molar-refractivity contribution in [1.29, 1.82) is 0 Å². The molecule has 0 N–H and O–H groups in total. The number of ether oxygens (including phenoxy) is 3. The molecule has 0 spiro atoms. The lowest BCUT2D eigenvalue weighted by atomic mass is 10.0. The number of carbonyl (C=O) groups is 1. The minimum atomic E-state index is -0.00906. The van der Waals surface area contributed by atoms with E-state index in [1.165, 1.54) is 6.92 Å². The Balaban J connectivity index is 2.65. The number of Topliss-reactive ketones (excluding diaryl/α,β-unsaturated/α-hetero) is 1. The molecule has 1 aromatic heterocycles. The zero-order valence-corrected chi connectivity index (χ0v) is 13.4. The normalized spacial score (nSPS) is 10.2. The fraction of sp³-hybridized carbons (Fsp3) is 0.294. The van der Waals surface area contributed by atoms with E-state index in [2.05, 4.69) is 4.98 Å². The van der Waals surface area contributed by atoms with Crippen LogP contribution in [0.15, 0.2) is 24.3 Å². The van der Waals surface area contributed by atoms with Crippen molar-refractivity contribution < 1.29 is 19.0 Å². The summed E-state index contributed by atoms with van der Waals surface area (Å²) in [5.41, 5.74) is 2.68. The molecular formula is C17H19NO4. The molecule has 5 heteroatoms. The third kappa shape index (κ3) is 2.88. The molecule has 0 radical (unpaired) electrons. The quantitative estimate of drug-likeness (QED) is 0.793.